The average Bonchev–Trinajstić information content (AvgIpc) is 3.04. The van der Waals surface area contributed by atoms with Gasteiger partial charge in [0.05, 0.1) is 23.5 Å². The van der Waals surface area contributed by atoms with Gasteiger partial charge in [-0.15, -0.1) is 0 Å². The molecule has 0 bridgehead atoms. The molecule has 0 saturated carbocycles. The van der Waals surface area contributed by atoms with Crippen LogP contribution in [0.1, 0.15) is 33.6 Å². The molecule has 7 nitrogen and oxygen atoms in total. The van der Waals surface area contributed by atoms with Crippen LogP contribution >= 0.6 is 11.6 Å². The number of hydrogen-bond acceptors (Lipinski definition) is 5. The Labute approximate surface area is 159 Å². The summed E-state index contributed by atoms with van der Waals surface area (Å²) in [4.78, 5) is 37.3. The van der Waals surface area contributed by atoms with E-state index in [2.05, 4.69) is 0 Å². The SMILES string of the molecule is O=C1CC2(CCN(C(=O)c3ccc(Cl)c([N+](=O)[O-])c3)C2)Oc2ccccc21. The van der Waals surface area contributed by atoms with E-state index in [-0.39, 0.29) is 40.9 Å². The molecule has 1 spiro atoms. The van der Waals surface area contributed by atoms with E-state index < -0.39 is 10.5 Å². The Bertz CT molecular complexity index is 976. The summed E-state index contributed by atoms with van der Waals surface area (Å²) in [6.07, 6.45) is 0.725. The number of halogens is 1. The van der Waals surface area contributed by atoms with Crippen molar-refractivity contribution in [1.29, 1.82) is 0 Å². The van der Waals surface area contributed by atoms with Crippen LogP contribution in [0, 0.1) is 10.1 Å². The third-order valence-electron chi connectivity index (χ3n) is 4.99. The first-order valence-electron chi connectivity index (χ1n) is 8.43. The fraction of sp³-hybridized carbons (Fsp3) is 0.263. The smallest absolute Gasteiger partial charge is 0.288 e. The van der Waals surface area contributed by atoms with Crippen molar-refractivity contribution >= 4 is 29.0 Å². The number of hydrogen-bond donors (Lipinski definition) is 0. The molecule has 0 aliphatic carbocycles. The fourth-order valence-corrected chi connectivity index (χ4v) is 3.84. The molecule has 2 heterocycles. The van der Waals surface area contributed by atoms with Gasteiger partial charge in [0.2, 0.25) is 0 Å². The Morgan fingerprint density at radius 2 is 2.04 bits per heavy atom. The van der Waals surface area contributed by atoms with Gasteiger partial charge in [-0.2, -0.15) is 0 Å². The van der Waals surface area contributed by atoms with Crippen molar-refractivity contribution < 1.29 is 19.2 Å². The minimum atomic E-state index is -0.751. The molecule has 1 fully saturated rings. The number of amides is 1. The van der Waals surface area contributed by atoms with Crippen molar-refractivity contribution in [2.75, 3.05) is 13.1 Å². The molecule has 0 aromatic heterocycles. The number of nitrogens with zero attached hydrogens (tertiary/aromatic N) is 2. The van der Waals surface area contributed by atoms with Crippen LogP contribution in [0.3, 0.4) is 0 Å². The fourth-order valence-electron chi connectivity index (χ4n) is 3.66. The molecule has 2 aliphatic rings. The average molecular weight is 387 g/mol. The van der Waals surface area contributed by atoms with Crippen molar-refractivity contribution in [1.82, 2.24) is 4.90 Å². The summed E-state index contributed by atoms with van der Waals surface area (Å²) in [6.45, 7) is 0.660. The molecule has 138 valence electrons. The molecule has 27 heavy (non-hydrogen) atoms. The quantitative estimate of drug-likeness (QED) is 0.582. The zero-order valence-electron chi connectivity index (χ0n) is 14.2. The molecule has 0 N–H and O–H groups in total. The summed E-state index contributed by atoms with van der Waals surface area (Å²) in [6, 6.07) is 11.1. The van der Waals surface area contributed by atoms with Crippen molar-refractivity contribution in [3.05, 3.63) is 68.7 Å². The highest BCUT2D eigenvalue weighted by atomic mass is 35.5. The Morgan fingerprint density at radius 3 is 2.81 bits per heavy atom. The second-order valence-electron chi connectivity index (χ2n) is 6.78. The summed E-state index contributed by atoms with van der Waals surface area (Å²) in [5.74, 6) is 0.181. The van der Waals surface area contributed by atoms with Gasteiger partial charge in [-0.3, -0.25) is 19.7 Å². The Morgan fingerprint density at radius 1 is 1.26 bits per heavy atom. The number of carbonyl (C=O) groups excluding carboxylic acids is 2. The Hall–Kier alpha value is -2.93. The van der Waals surface area contributed by atoms with E-state index in [1.165, 1.54) is 18.2 Å². The summed E-state index contributed by atoms with van der Waals surface area (Å²) < 4.78 is 6.10. The molecular weight excluding hydrogens is 372 g/mol. The number of ketones is 1. The number of carbonyl (C=O) groups is 2. The molecule has 1 saturated heterocycles. The molecule has 2 aliphatic heterocycles. The van der Waals surface area contributed by atoms with Gasteiger partial charge in [0.25, 0.3) is 11.6 Å². The number of likely N-dealkylation sites (tertiary alicyclic amines) is 1. The second-order valence-corrected chi connectivity index (χ2v) is 7.19. The van der Waals surface area contributed by atoms with Crippen LogP contribution in [0.2, 0.25) is 5.02 Å². The first kappa shape index (κ1) is 17.5. The van der Waals surface area contributed by atoms with Crippen LogP contribution < -0.4 is 4.74 Å². The third kappa shape index (κ3) is 3.04. The number of nitro benzene ring substituents is 1. The standard InChI is InChI=1S/C19H15ClN2O5/c20-14-6-5-12(9-15(14)22(25)26)18(24)21-8-7-19(11-21)10-16(23)13-3-1-2-4-17(13)27-19/h1-6,9H,7-8,10-11H2. The van der Waals surface area contributed by atoms with Crippen molar-refractivity contribution in [3.8, 4) is 5.75 Å². The summed E-state index contributed by atoms with van der Waals surface area (Å²) in [5, 5.41) is 11.0. The maximum absolute atomic E-state index is 12.8. The van der Waals surface area contributed by atoms with E-state index in [1.54, 1.807) is 29.2 Å². The highest BCUT2D eigenvalue weighted by molar-refractivity contribution is 6.32. The van der Waals surface area contributed by atoms with E-state index in [0.717, 1.165) is 0 Å². The summed E-state index contributed by atoms with van der Waals surface area (Å²) in [7, 11) is 0. The van der Waals surface area contributed by atoms with Crippen molar-refractivity contribution in [3.63, 3.8) is 0 Å². The number of ether oxygens (including phenoxy) is 1. The van der Waals surface area contributed by atoms with Gasteiger partial charge in [0.15, 0.2) is 5.78 Å². The number of para-hydroxylation sites is 1. The number of Topliss-reactive ketones (excluding diaryl/α,β-unsaturated/α-hetero) is 1. The number of benzene rings is 2. The van der Waals surface area contributed by atoms with Crippen LogP contribution in [0.4, 0.5) is 5.69 Å². The summed E-state index contributed by atoms with van der Waals surface area (Å²) in [5.41, 5.74) is -0.319. The Balaban J connectivity index is 1.57. The van der Waals surface area contributed by atoms with E-state index in [1.807, 2.05) is 0 Å². The van der Waals surface area contributed by atoms with Crippen LogP contribution in [-0.2, 0) is 0 Å². The van der Waals surface area contributed by atoms with Crippen LogP contribution in [0.25, 0.3) is 0 Å². The van der Waals surface area contributed by atoms with Gasteiger partial charge in [0, 0.05) is 24.6 Å². The van der Waals surface area contributed by atoms with E-state index in [4.69, 9.17) is 16.3 Å². The minimum Gasteiger partial charge on any atom is -0.484 e. The molecule has 8 heteroatoms. The Kier molecular flexibility index (Phi) is 4.11. The number of fused-ring (bicyclic) bond motifs is 1. The first-order valence-corrected chi connectivity index (χ1v) is 8.81. The van der Waals surface area contributed by atoms with Gasteiger partial charge in [0.1, 0.15) is 16.4 Å². The van der Waals surface area contributed by atoms with E-state index >= 15 is 0 Å². The zero-order chi connectivity index (χ0) is 19.2. The first-order chi connectivity index (χ1) is 12.9. The number of nitro groups is 1. The maximum atomic E-state index is 12.8. The highest BCUT2D eigenvalue weighted by Crippen LogP contribution is 2.39. The van der Waals surface area contributed by atoms with Gasteiger partial charge in [-0.25, -0.2) is 0 Å². The predicted octanol–water partition coefficient (Wildman–Crippen LogP) is 3.50. The minimum absolute atomic E-state index is 0.00622. The van der Waals surface area contributed by atoms with E-state index in [0.29, 0.717) is 24.3 Å². The van der Waals surface area contributed by atoms with Gasteiger partial charge < -0.3 is 9.64 Å². The number of rotatable bonds is 2. The van der Waals surface area contributed by atoms with Gasteiger partial charge >= 0.3 is 0 Å². The molecule has 2 aromatic carbocycles. The molecule has 1 amide bonds. The molecule has 0 radical (unpaired) electrons. The molecule has 1 unspecified atom stereocenters. The molecule has 4 rings (SSSR count). The second kappa shape index (κ2) is 6.35. The third-order valence-corrected chi connectivity index (χ3v) is 5.31. The van der Waals surface area contributed by atoms with Crippen molar-refractivity contribution in [2.45, 2.75) is 18.4 Å². The lowest BCUT2D eigenvalue weighted by molar-refractivity contribution is -0.384. The highest BCUT2D eigenvalue weighted by Gasteiger charge is 2.47. The molecular formula is C19H15ClN2O5. The van der Waals surface area contributed by atoms with Crippen LogP contribution in [0.5, 0.6) is 5.75 Å². The van der Waals surface area contributed by atoms with E-state index in [9.17, 15) is 19.7 Å². The summed E-state index contributed by atoms with van der Waals surface area (Å²) >= 11 is 5.81. The lowest BCUT2D eigenvalue weighted by atomic mass is 9.89. The predicted molar refractivity (Wildman–Crippen MR) is 97.4 cm³/mol. The zero-order valence-corrected chi connectivity index (χ0v) is 14.9. The largest absolute Gasteiger partial charge is 0.484 e. The van der Waals surface area contributed by atoms with Gasteiger partial charge in [-0.1, -0.05) is 23.7 Å². The maximum Gasteiger partial charge on any atom is 0.288 e. The van der Waals surface area contributed by atoms with Crippen molar-refractivity contribution in [2.24, 2.45) is 0 Å². The monoisotopic (exact) mass is 386 g/mol. The normalized spacial score (nSPS) is 21.1. The lowest BCUT2D eigenvalue weighted by Gasteiger charge is -2.34. The van der Waals surface area contributed by atoms with Gasteiger partial charge in [-0.05, 0) is 24.3 Å². The lowest BCUT2D eigenvalue weighted by Crippen LogP contribution is -2.45. The van der Waals surface area contributed by atoms with Crippen LogP contribution in [-0.4, -0.2) is 40.2 Å². The van der Waals surface area contributed by atoms with Crippen LogP contribution in [0.15, 0.2) is 42.5 Å². The molecule has 2 aromatic rings. The topological polar surface area (TPSA) is 89.8 Å². The molecule has 1 atom stereocenters.